The SMILES string of the molecule is CSc1ccc(-c2ccc3c(=O)[nH]c(O)c(C=Nc4ccc(N5CCN(C)CC5)cc4)c3c2)cc1. The molecule has 0 bridgehead atoms. The van der Waals surface area contributed by atoms with E-state index < -0.39 is 0 Å². The van der Waals surface area contributed by atoms with Crippen molar-refractivity contribution in [2.75, 3.05) is 44.4 Å². The number of aliphatic imine (C=N–C) groups is 1. The van der Waals surface area contributed by atoms with E-state index in [0.29, 0.717) is 16.3 Å². The fraction of sp³-hybridized carbons (Fsp3) is 0.214. The molecule has 1 aliphatic heterocycles. The second kappa shape index (κ2) is 9.98. The van der Waals surface area contributed by atoms with Gasteiger partial charge in [-0.3, -0.25) is 14.8 Å². The minimum Gasteiger partial charge on any atom is -0.494 e. The zero-order valence-corrected chi connectivity index (χ0v) is 20.7. The van der Waals surface area contributed by atoms with Gasteiger partial charge >= 0.3 is 0 Å². The average Bonchev–Trinajstić information content (AvgIpc) is 2.89. The molecule has 3 aromatic carbocycles. The zero-order valence-electron chi connectivity index (χ0n) is 19.9. The molecule has 4 aromatic rings. The number of fused-ring (bicyclic) bond motifs is 1. The van der Waals surface area contributed by atoms with Gasteiger partial charge in [0.25, 0.3) is 5.56 Å². The Kier molecular flexibility index (Phi) is 6.61. The van der Waals surface area contributed by atoms with Crippen molar-refractivity contribution in [1.82, 2.24) is 9.88 Å². The fourth-order valence-electron chi connectivity index (χ4n) is 4.38. The quantitative estimate of drug-likeness (QED) is 0.304. The lowest BCUT2D eigenvalue weighted by atomic mass is 10.00. The maximum atomic E-state index is 12.5. The van der Waals surface area contributed by atoms with E-state index in [9.17, 15) is 9.90 Å². The lowest BCUT2D eigenvalue weighted by molar-refractivity contribution is 0.313. The molecule has 5 rings (SSSR count). The summed E-state index contributed by atoms with van der Waals surface area (Å²) in [5, 5.41) is 11.7. The second-order valence-electron chi connectivity index (χ2n) is 8.77. The van der Waals surface area contributed by atoms with E-state index in [1.807, 2.05) is 30.5 Å². The van der Waals surface area contributed by atoms with E-state index in [4.69, 9.17) is 0 Å². The number of aromatic hydroxyl groups is 1. The molecule has 35 heavy (non-hydrogen) atoms. The highest BCUT2D eigenvalue weighted by Gasteiger charge is 2.14. The Hall–Kier alpha value is -3.55. The molecule has 6 nitrogen and oxygen atoms in total. The molecule has 7 heteroatoms. The molecular weight excluding hydrogens is 456 g/mol. The van der Waals surface area contributed by atoms with Crippen LogP contribution >= 0.6 is 11.8 Å². The van der Waals surface area contributed by atoms with Crippen LogP contribution in [0.1, 0.15) is 5.56 Å². The van der Waals surface area contributed by atoms with Crippen LogP contribution < -0.4 is 10.5 Å². The number of hydrogen-bond acceptors (Lipinski definition) is 6. The molecule has 0 amide bonds. The summed E-state index contributed by atoms with van der Waals surface area (Å²) in [6.07, 6.45) is 3.67. The Bertz CT molecular complexity index is 1420. The van der Waals surface area contributed by atoms with Gasteiger partial charge in [0, 0.05) is 53.7 Å². The monoisotopic (exact) mass is 484 g/mol. The first kappa shape index (κ1) is 23.2. The number of likely N-dealkylation sites (N-methyl/N-ethyl adjacent to an activating group) is 1. The molecule has 0 spiro atoms. The molecule has 0 atom stereocenters. The van der Waals surface area contributed by atoms with Crippen molar-refractivity contribution in [1.29, 1.82) is 0 Å². The van der Waals surface area contributed by atoms with Gasteiger partial charge in [0.05, 0.1) is 11.3 Å². The average molecular weight is 485 g/mol. The number of benzene rings is 3. The first-order valence-corrected chi connectivity index (χ1v) is 12.9. The molecule has 1 aliphatic rings. The number of aromatic amines is 1. The third-order valence-corrected chi connectivity index (χ3v) is 7.27. The molecule has 178 valence electrons. The second-order valence-corrected chi connectivity index (χ2v) is 9.65. The van der Waals surface area contributed by atoms with E-state index in [0.717, 1.165) is 43.0 Å². The van der Waals surface area contributed by atoms with Crippen molar-refractivity contribution in [2.24, 2.45) is 4.99 Å². The Labute approximate surface area is 208 Å². The van der Waals surface area contributed by atoms with Gasteiger partial charge in [-0.15, -0.1) is 11.8 Å². The molecule has 2 heterocycles. The first-order valence-electron chi connectivity index (χ1n) is 11.6. The Morgan fingerprint density at radius 2 is 1.60 bits per heavy atom. The number of thioether (sulfide) groups is 1. The van der Waals surface area contributed by atoms with Crippen molar-refractivity contribution in [3.63, 3.8) is 0 Å². The molecule has 1 fully saturated rings. The van der Waals surface area contributed by atoms with Gasteiger partial charge in [-0.05, 0) is 73.0 Å². The largest absolute Gasteiger partial charge is 0.494 e. The number of piperazine rings is 1. The van der Waals surface area contributed by atoms with E-state index in [1.165, 1.54) is 10.6 Å². The van der Waals surface area contributed by atoms with Crippen molar-refractivity contribution in [2.45, 2.75) is 4.90 Å². The van der Waals surface area contributed by atoms with Gasteiger partial charge in [0.15, 0.2) is 0 Å². The van der Waals surface area contributed by atoms with Gasteiger partial charge < -0.3 is 14.9 Å². The molecule has 1 saturated heterocycles. The Morgan fingerprint density at radius 1 is 0.914 bits per heavy atom. The normalized spacial score (nSPS) is 14.7. The van der Waals surface area contributed by atoms with Crippen LogP contribution in [0.25, 0.3) is 21.9 Å². The van der Waals surface area contributed by atoms with Gasteiger partial charge in [-0.2, -0.15) is 0 Å². The van der Waals surface area contributed by atoms with Gasteiger partial charge in [-0.25, -0.2) is 0 Å². The smallest absolute Gasteiger partial charge is 0.258 e. The molecule has 0 radical (unpaired) electrons. The number of rotatable bonds is 5. The number of nitrogens with one attached hydrogen (secondary N) is 1. The Morgan fingerprint density at radius 3 is 2.29 bits per heavy atom. The van der Waals surface area contributed by atoms with Crippen LogP contribution in [0.15, 0.2) is 81.4 Å². The third-order valence-electron chi connectivity index (χ3n) is 6.53. The zero-order chi connectivity index (χ0) is 24.4. The van der Waals surface area contributed by atoms with Crippen LogP contribution in [0.3, 0.4) is 0 Å². The maximum Gasteiger partial charge on any atom is 0.258 e. The minimum absolute atomic E-state index is 0.185. The van der Waals surface area contributed by atoms with Crippen LogP contribution in [-0.2, 0) is 0 Å². The highest BCUT2D eigenvalue weighted by Crippen LogP contribution is 2.29. The molecule has 0 aliphatic carbocycles. The van der Waals surface area contributed by atoms with Gasteiger partial charge in [0.2, 0.25) is 5.88 Å². The summed E-state index contributed by atoms with van der Waals surface area (Å²) in [5.41, 5.74) is 4.16. The Balaban J connectivity index is 1.46. The highest BCUT2D eigenvalue weighted by molar-refractivity contribution is 7.98. The molecule has 0 unspecified atom stereocenters. The topological polar surface area (TPSA) is 71.9 Å². The number of nitrogens with zero attached hydrogens (tertiary/aromatic N) is 3. The van der Waals surface area contributed by atoms with Crippen LogP contribution in [0.5, 0.6) is 5.88 Å². The number of aromatic nitrogens is 1. The highest BCUT2D eigenvalue weighted by atomic mass is 32.2. The van der Waals surface area contributed by atoms with E-state index >= 15 is 0 Å². The summed E-state index contributed by atoms with van der Waals surface area (Å²) >= 11 is 1.69. The van der Waals surface area contributed by atoms with Crippen LogP contribution in [0, 0.1) is 0 Å². The van der Waals surface area contributed by atoms with Crippen LogP contribution in [0.4, 0.5) is 11.4 Å². The number of hydrogen-bond donors (Lipinski definition) is 2. The van der Waals surface area contributed by atoms with Crippen LogP contribution in [0.2, 0.25) is 0 Å². The number of H-pyrrole nitrogens is 1. The maximum absolute atomic E-state index is 12.5. The van der Waals surface area contributed by atoms with Gasteiger partial charge in [0.1, 0.15) is 0 Å². The summed E-state index contributed by atoms with van der Waals surface area (Å²) in [6, 6.07) is 22.1. The van der Waals surface area contributed by atoms with E-state index in [2.05, 4.69) is 63.2 Å². The molecule has 2 N–H and O–H groups in total. The summed E-state index contributed by atoms with van der Waals surface area (Å²) in [7, 11) is 2.15. The van der Waals surface area contributed by atoms with Crippen LogP contribution in [-0.4, -0.2) is 60.7 Å². The first-order chi connectivity index (χ1) is 17.0. The molecule has 0 saturated carbocycles. The lowest BCUT2D eigenvalue weighted by Crippen LogP contribution is -2.44. The summed E-state index contributed by atoms with van der Waals surface area (Å²) in [6.45, 7) is 4.14. The number of anilines is 1. The standard InChI is InChI=1S/C28H28N4O2S/c1-31-13-15-32(16-14-31)22-8-6-21(7-9-22)29-18-26-25-17-20(19-3-10-23(35-2)11-4-19)5-12-24(25)27(33)30-28(26)34/h3-12,17-18H,13-16H2,1-2H3,(H2,30,33,34). The third kappa shape index (κ3) is 4.97. The van der Waals surface area contributed by atoms with E-state index in [1.54, 1.807) is 24.0 Å². The van der Waals surface area contributed by atoms with E-state index in [-0.39, 0.29) is 11.4 Å². The van der Waals surface area contributed by atoms with Crippen molar-refractivity contribution in [3.8, 4) is 17.0 Å². The predicted octanol–water partition coefficient (Wildman–Crippen LogP) is 5.13. The van der Waals surface area contributed by atoms with Crippen molar-refractivity contribution < 1.29 is 5.11 Å². The summed E-state index contributed by atoms with van der Waals surface area (Å²) < 4.78 is 0. The minimum atomic E-state index is -0.324. The predicted molar refractivity (Wildman–Crippen MR) is 147 cm³/mol. The van der Waals surface area contributed by atoms with Crippen molar-refractivity contribution >= 4 is 40.1 Å². The number of pyridine rings is 1. The van der Waals surface area contributed by atoms with Gasteiger partial charge in [-0.1, -0.05) is 18.2 Å². The molecular formula is C28H28N4O2S. The summed E-state index contributed by atoms with van der Waals surface area (Å²) in [4.78, 5) is 25.5. The lowest BCUT2D eigenvalue weighted by Gasteiger charge is -2.34. The fourth-order valence-corrected chi connectivity index (χ4v) is 4.79. The van der Waals surface area contributed by atoms with Crippen molar-refractivity contribution in [3.05, 3.63) is 82.6 Å². The summed E-state index contributed by atoms with van der Waals surface area (Å²) in [5.74, 6) is -0.185. The molecule has 1 aromatic heterocycles.